The maximum absolute atomic E-state index is 10.7. The van der Waals surface area contributed by atoms with Gasteiger partial charge in [-0.15, -0.1) is 0 Å². The van der Waals surface area contributed by atoms with E-state index in [-0.39, 0.29) is 18.0 Å². The molecule has 0 amide bonds. The summed E-state index contributed by atoms with van der Waals surface area (Å²) in [6.45, 7) is 2.51. The first-order valence-corrected chi connectivity index (χ1v) is 2.95. The van der Waals surface area contributed by atoms with Crippen molar-refractivity contribution in [2.45, 2.75) is 13.0 Å². The molecule has 0 aromatic carbocycles. The maximum atomic E-state index is 10.7. The molecule has 3 nitrogen and oxygen atoms in total. The first kappa shape index (κ1) is 6.55. The highest BCUT2D eigenvalue weighted by molar-refractivity contribution is 5.72. The van der Waals surface area contributed by atoms with Gasteiger partial charge in [-0.05, 0) is 6.92 Å². The lowest BCUT2D eigenvalue weighted by Crippen LogP contribution is -2.17. The van der Waals surface area contributed by atoms with E-state index in [0.717, 1.165) is 0 Å². The summed E-state index contributed by atoms with van der Waals surface area (Å²) in [4.78, 5) is 10.7. The Bertz CT molecular complexity index is 117. The highest BCUT2D eigenvalue weighted by Crippen LogP contribution is 2.20. The molecule has 0 aliphatic carbocycles. The monoisotopic (exact) mass is 130 g/mol. The molecule has 1 aliphatic rings. The van der Waals surface area contributed by atoms with Gasteiger partial charge in [-0.3, -0.25) is 4.79 Å². The second kappa shape index (κ2) is 2.35. The topological polar surface area (TPSA) is 38.8 Å². The molecule has 0 spiro atoms. The number of hydrogen-bond donors (Lipinski definition) is 0. The summed E-state index contributed by atoms with van der Waals surface area (Å²) < 4.78 is 9.39. The van der Waals surface area contributed by atoms with Crippen molar-refractivity contribution in [3.05, 3.63) is 0 Å². The maximum Gasteiger partial charge on any atom is 0.311 e. The molecule has 0 N–H and O–H groups in total. The van der Waals surface area contributed by atoms with Crippen molar-refractivity contribution < 1.29 is 14.3 Å². The van der Waals surface area contributed by atoms with E-state index < -0.39 is 0 Å². The van der Waals surface area contributed by atoms with E-state index in [2.05, 4.69) is 4.74 Å². The van der Waals surface area contributed by atoms with Crippen LogP contribution in [0.3, 0.4) is 0 Å². The van der Waals surface area contributed by atoms with Crippen LogP contribution in [0.15, 0.2) is 0 Å². The summed E-state index contributed by atoms with van der Waals surface area (Å²) in [5, 5.41) is 0. The van der Waals surface area contributed by atoms with E-state index in [4.69, 9.17) is 4.74 Å². The number of ether oxygens (including phenoxy) is 2. The van der Waals surface area contributed by atoms with E-state index >= 15 is 0 Å². The van der Waals surface area contributed by atoms with Gasteiger partial charge < -0.3 is 9.47 Å². The lowest BCUT2D eigenvalue weighted by molar-refractivity contribution is -0.145. The number of carbonyl (C=O) groups is 1. The predicted octanol–water partition coefficient (Wildman–Crippen LogP) is 0.194. The molecule has 2 unspecified atom stereocenters. The minimum absolute atomic E-state index is 0.0880. The van der Waals surface area contributed by atoms with Gasteiger partial charge in [0.2, 0.25) is 0 Å². The number of carbonyl (C=O) groups excluding carboxylic acids is 1. The van der Waals surface area contributed by atoms with E-state index in [1.54, 1.807) is 0 Å². The molecular formula is C6H10O3. The molecule has 3 heteroatoms. The smallest absolute Gasteiger partial charge is 0.311 e. The molecule has 0 bridgehead atoms. The van der Waals surface area contributed by atoms with Crippen molar-refractivity contribution in [2.24, 2.45) is 5.92 Å². The Morgan fingerprint density at radius 1 is 1.89 bits per heavy atom. The third kappa shape index (κ3) is 1.42. The van der Waals surface area contributed by atoms with Gasteiger partial charge in [0.15, 0.2) is 0 Å². The van der Waals surface area contributed by atoms with E-state index in [1.165, 1.54) is 7.11 Å². The molecule has 52 valence electrons. The minimum atomic E-state index is -0.183. The third-order valence-electron chi connectivity index (χ3n) is 1.49. The zero-order chi connectivity index (χ0) is 6.85. The van der Waals surface area contributed by atoms with Crippen LogP contribution in [0.2, 0.25) is 0 Å². The number of rotatable bonds is 2. The van der Waals surface area contributed by atoms with Crippen LogP contribution in [0.5, 0.6) is 0 Å². The van der Waals surface area contributed by atoms with Crippen LogP contribution in [-0.2, 0) is 14.3 Å². The van der Waals surface area contributed by atoms with E-state index in [1.807, 2.05) is 6.92 Å². The Morgan fingerprint density at radius 3 is 2.78 bits per heavy atom. The van der Waals surface area contributed by atoms with Gasteiger partial charge >= 0.3 is 5.97 Å². The highest BCUT2D eigenvalue weighted by atomic mass is 16.6. The molecule has 1 heterocycles. The standard InChI is InChI=1S/C6H10O3/c1-4(5-3-9-5)6(7)8-2/h4-5H,3H2,1-2H3. The molecular weight excluding hydrogens is 120 g/mol. The summed E-state index contributed by atoms with van der Waals surface area (Å²) in [6, 6.07) is 0. The average molecular weight is 130 g/mol. The van der Waals surface area contributed by atoms with E-state index in [0.29, 0.717) is 6.61 Å². The lowest BCUT2D eigenvalue weighted by Gasteiger charge is -2.02. The molecule has 1 aliphatic heterocycles. The fourth-order valence-electron chi connectivity index (χ4n) is 0.682. The molecule has 1 saturated heterocycles. The van der Waals surface area contributed by atoms with Crippen LogP contribution in [0, 0.1) is 5.92 Å². The van der Waals surface area contributed by atoms with Crippen molar-refractivity contribution in [1.29, 1.82) is 0 Å². The van der Waals surface area contributed by atoms with E-state index in [9.17, 15) is 4.79 Å². The van der Waals surface area contributed by atoms with Gasteiger partial charge in [-0.2, -0.15) is 0 Å². The van der Waals surface area contributed by atoms with Gasteiger partial charge in [-0.1, -0.05) is 0 Å². The summed E-state index contributed by atoms with van der Waals surface area (Å²) in [5.74, 6) is -0.271. The van der Waals surface area contributed by atoms with Crippen molar-refractivity contribution in [2.75, 3.05) is 13.7 Å². The zero-order valence-corrected chi connectivity index (χ0v) is 5.59. The molecule has 0 radical (unpaired) electrons. The van der Waals surface area contributed by atoms with Crippen LogP contribution < -0.4 is 0 Å². The van der Waals surface area contributed by atoms with Gasteiger partial charge in [0, 0.05) is 0 Å². The van der Waals surface area contributed by atoms with Crippen molar-refractivity contribution in [3.8, 4) is 0 Å². The predicted molar refractivity (Wildman–Crippen MR) is 30.9 cm³/mol. The normalized spacial score (nSPS) is 27.1. The lowest BCUT2D eigenvalue weighted by atomic mass is 10.1. The van der Waals surface area contributed by atoms with Gasteiger partial charge in [0.1, 0.15) is 0 Å². The summed E-state index contributed by atoms with van der Waals surface area (Å²) >= 11 is 0. The van der Waals surface area contributed by atoms with Gasteiger partial charge in [0.05, 0.1) is 25.7 Å². The molecule has 0 aromatic rings. The van der Waals surface area contributed by atoms with Crippen molar-refractivity contribution in [1.82, 2.24) is 0 Å². The Balaban J connectivity index is 2.30. The van der Waals surface area contributed by atoms with Crippen LogP contribution in [-0.4, -0.2) is 25.8 Å². The number of epoxide rings is 1. The van der Waals surface area contributed by atoms with Crippen molar-refractivity contribution in [3.63, 3.8) is 0 Å². The van der Waals surface area contributed by atoms with Crippen LogP contribution in [0.4, 0.5) is 0 Å². The quantitative estimate of drug-likeness (QED) is 0.395. The fraction of sp³-hybridized carbons (Fsp3) is 0.833. The Kier molecular flexibility index (Phi) is 1.71. The SMILES string of the molecule is COC(=O)C(C)C1CO1. The Hall–Kier alpha value is -0.570. The van der Waals surface area contributed by atoms with Crippen LogP contribution in [0.1, 0.15) is 6.92 Å². The second-order valence-corrected chi connectivity index (χ2v) is 2.18. The Morgan fingerprint density at radius 2 is 2.44 bits per heavy atom. The summed E-state index contributed by atoms with van der Waals surface area (Å²) in [5.41, 5.74) is 0. The van der Waals surface area contributed by atoms with Gasteiger partial charge in [-0.25, -0.2) is 0 Å². The first-order chi connectivity index (χ1) is 4.25. The van der Waals surface area contributed by atoms with Crippen LogP contribution >= 0.6 is 0 Å². The number of esters is 1. The Labute approximate surface area is 53.9 Å². The minimum Gasteiger partial charge on any atom is -0.469 e. The molecule has 2 atom stereocenters. The molecule has 1 fully saturated rings. The van der Waals surface area contributed by atoms with Crippen molar-refractivity contribution >= 4 is 5.97 Å². The second-order valence-electron chi connectivity index (χ2n) is 2.18. The van der Waals surface area contributed by atoms with Crippen LogP contribution in [0.25, 0.3) is 0 Å². The average Bonchev–Trinajstić information content (AvgIpc) is 2.66. The highest BCUT2D eigenvalue weighted by Gasteiger charge is 2.34. The van der Waals surface area contributed by atoms with Gasteiger partial charge in [0.25, 0.3) is 0 Å². The molecule has 9 heavy (non-hydrogen) atoms. The number of methoxy groups -OCH3 is 1. The zero-order valence-electron chi connectivity index (χ0n) is 5.59. The third-order valence-corrected chi connectivity index (χ3v) is 1.49. The molecule has 0 saturated carbocycles. The fourth-order valence-corrected chi connectivity index (χ4v) is 0.682. The first-order valence-electron chi connectivity index (χ1n) is 2.95. The summed E-state index contributed by atoms with van der Waals surface area (Å²) in [7, 11) is 1.39. The largest absolute Gasteiger partial charge is 0.469 e. The molecule has 0 aromatic heterocycles. The summed E-state index contributed by atoms with van der Waals surface area (Å²) in [6.07, 6.45) is 0.123. The number of hydrogen-bond acceptors (Lipinski definition) is 3. The molecule has 1 rings (SSSR count).